The molecule has 0 bridgehead atoms. The van der Waals surface area contributed by atoms with Gasteiger partial charge in [-0.05, 0) is 13.5 Å². The predicted molar refractivity (Wildman–Crippen MR) is 65.3 cm³/mol. The summed E-state index contributed by atoms with van der Waals surface area (Å²) in [4.78, 5) is 14.6. The minimum absolute atomic E-state index is 0.561. The summed E-state index contributed by atoms with van der Waals surface area (Å²) >= 11 is 0. The van der Waals surface area contributed by atoms with Gasteiger partial charge in [-0.3, -0.25) is 0 Å². The highest BCUT2D eigenvalue weighted by Gasteiger charge is 2.18. The number of nitrogens with zero attached hydrogens (tertiary/aromatic N) is 3. The van der Waals surface area contributed by atoms with Gasteiger partial charge in [-0.25, -0.2) is 4.98 Å². The Kier molecular flexibility index (Phi) is 2.48. The SMILES string of the molecule is COc1cnc2c3c([nH]c2n1)CCN(C)CC3. The number of aromatic amines is 1. The molecule has 0 atom stereocenters. The first-order valence-electron chi connectivity index (χ1n) is 5.87. The largest absolute Gasteiger partial charge is 0.480 e. The lowest BCUT2D eigenvalue weighted by molar-refractivity contribution is 0.352. The number of hydrogen-bond donors (Lipinski definition) is 1. The van der Waals surface area contributed by atoms with Gasteiger partial charge < -0.3 is 14.6 Å². The second-order valence-corrected chi connectivity index (χ2v) is 4.49. The van der Waals surface area contributed by atoms with Crippen molar-refractivity contribution in [2.45, 2.75) is 12.8 Å². The Hall–Kier alpha value is -1.62. The average molecular weight is 232 g/mol. The van der Waals surface area contributed by atoms with E-state index in [4.69, 9.17) is 4.74 Å². The second kappa shape index (κ2) is 4.00. The average Bonchev–Trinajstić information content (AvgIpc) is 2.60. The van der Waals surface area contributed by atoms with Gasteiger partial charge in [0.2, 0.25) is 5.88 Å². The molecule has 5 heteroatoms. The smallest absolute Gasteiger partial charge is 0.234 e. The summed E-state index contributed by atoms with van der Waals surface area (Å²) in [6.07, 6.45) is 3.75. The van der Waals surface area contributed by atoms with Crippen LogP contribution in [0.4, 0.5) is 0 Å². The molecule has 0 aromatic carbocycles. The van der Waals surface area contributed by atoms with Crippen molar-refractivity contribution in [2.75, 3.05) is 27.2 Å². The number of fused-ring (bicyclic) bond motifs is 3. The van der Waals surface area contributed by atoms with Crippen molar-refractivity contribution < 1.29 is 4.74 Å². The van der Waals surface area contributed by atoms with E-state index in [1.165, 1.54) is 11.3 Å². The molecule has 0 fully saturated rings. The molecule has 0 saturated heterocycles. The van der Waals surface area contributed by atoms with Crippen molar-refractivity contribution in [1.29, 1.82) is 0 Å². The zero-order valence-electron chi connectivity index (χ0n) is 10.2. The highest BCUT2D eigenvalue weighted by Crippen LogP contribution is 2.24. The van der Waals surface area contributed by atoms with Gasteiger partial charge in [-0.15, -0.1) is 0 Å². The fourth-order valence-electron chi connectivity index (χ4n) is 2.34. The number of aromatic nitrogens is 3. The first kappa shape index (κ1) is 10.5. The molecule has 3 heterocycles. The molecule has 1 aliphatic rings. The number of likely N-dealkylation sites (N-methyl/N-ethyl adjacent to an activating group) is 1. The van der Waals surface area contributed by atoms with Gasteiger partial charge >= 0.3 is 0 Å². The number of H-pyrrole nitrogens is 1. The minimum Gasteiger partial charge on any atom is -0.480 e. The summed E-state index contributed by atoms with van der Waals surface area (Å²) in [6, 6.07) is 0. The lowest BCUT2D eigenvalue weighted by Crippen LogP contribution is -2.21. The second-order valence-electron chi connectivity index (χ2n) is 4.49. The Morgan fingerprint density at radius 3 is 3.00 bits per heavy atom. The normalized spacial score (nSPS) is 16.8. The Morgan fingerprint density at radius 1 is 1.35 bits per heavy atom. The third kappa shape index (κ3) is 1.76. The van der Waals surface area contributed by atoms with Crippen LogP contribution < -0.4 is 4.74 Å². The van der Waals surface area contributed by atoms with Gasteiger partial charge in [0.15, 0.2) is 5.65 Å². The lowest BCUT2D eigenvalue weighted by Gasteiger charge is -2.11. The van der Waals surface area contributed by atoms with Gasteiger partial charge in [-0.2, -0.15) is 4.98 Å². The number of ether oxygens (including phenoxy) is 1. The molecule has 5 nitrogen and oxygen atoms in total. The van der Waals surface area contributed by atoms with E-state index in [0.717, 1.165) is 37.1 Å². The molecule has 1 aliphatic heterocycles. The molecule has 0 aliphatic carbocycles. The van der Waals surface area contributed by atoms with E-state index in [0.29, 0.717) is 5.88 Å². The third-order valence-corrected chi connectivity index (χ3v) is 3.37. The van der Waals surface area contributed by atoms with Gasteiger partial charge in [0.05, 0.1) is 13.3 Å². The summed E-state index contributed by atoms with van der Waals surface area (Å²) in [5.41, 5.74) is 4.44. The number of methoxy groups -OCH3 is 1. The maximum Gasteiger partial charge on any atom is 0.234 e. The van der Waals surface area contributed by atoms with E-state index >= 15 is 0 Å². The number of nitrogens with one attached hydrogen (secondary N) is 1. The van der Waals surface area contributed by atoms with Crippen molar-refractivity contribution in [3.8, 4) is 5.88 Å². The van der Waals surface area contributed by atoms with Crippen LogP contribution in [0.2, 0.25) is 0 Å². The van der Waals surface area contributed by atoms with Crippen LogP contribution in [0.3, 0.4) is 0 Å². The summed E-state index contributed by atoms with van der Waals surface area (Å²) < 4.78 is 5.09. The third-order valence-electron chi connectivity index (χ3n) is 3.37. The fourth-order valence-corrected chi connectivity index (χ4v) is 2.34. The summed E-state index contributed by atoms with van der Waals surface area (Å²) in [5.74, 6) is 0.561. The van der Waals surface area contributed by atoms with Crippen molar-refractivity contribution in [2.24, 2.45) is 0 Å². The van der Waals surface area contributed by atoms with Crippen LogP contribution >= 0.6 is 0 Å². The Bertz CT molecular complexity index is 549. The predicted octanol–water partition coefficient (Wildman–Crippen LogP) is 0.997. The van der Waals surface area contributed by atoms with Crippen LogP contribution in [0, 0.1) is 0 Å². The summed E-state index contributed by atoms with van der Waals surface area (Å²) in [5, 5.41) is 0. The van der Waals surface area contributed by atoms with Gasteiger partial charge in [0.1, 0.15) is 5.52 Å². The van der Waals surface area contributed by atoms with Crippen LogP contribution in [0.15, 0.2) is 6.20 Å². The van der Waals surface area contributed by atoms with Gasteiger partial charge in [-0.1, -0.05) is 0 Å². The highest BCUT2D eigenvalue weighted by molar-refractivity contribution is 5.77. The van der Waals surface area contributed by atoms with Crippen LogP contribution in [0.5, 0.6) is 5.88 Å². The molecule has 0 amide bonds. The summed E-state index contributed by atoms with van der Waals surface area (Å²) in [6.45, 7) is 2.16. The van der Waals surface area contributed by atoms with Crippen molar-refractivity contribution in [3.63, 3.8) is 0 Å². The topological polar surface area (TPSA) is 54.0 Å². The van der Waals surface area contributed by atoms with Crippen LogP contribution in [-0.4, -0.2) is 47.1 Å². The van der Waals surface area contributed by atoms with Crippen LogP contribution in [0.25, 0.3) is 11.2 Å². The van der Waals surface area contributed by atoms with E-state index in [9.17, 15) is 0 Å². The first-order valence-corrected chi connectivity index (χ1v) is 5.87. The Labute approximate surface area is 99.8 Å². The minimum atomic E-state index is 0.561. The first-order chi connectivity index (χ1) is 8.28. The number of rotatable bonds is 1. The summed E-state index contributed by atoms with van der Waals surface area (Å²) in [7, 11) is 3.77. The van der Waals surface area contributed by atoms with Gasteiger partial charge in [0, 0.05) is 30.8 Å². The molecule has 0 spiro atoms. The fraction of sp³-hybridized carbons (Fsp3) is 0.500. The molecule has 1 N–H and O–H groups in total. The molecule has 90 valence electrons. The zero-order valence-corrected chi connectivity index (χ0v) is 10.2. The Balaban J connectivity index is 2.10. The zero-order chi connectivity index (χ0) is 11.8. The number of hydrogen-bond acceptors (Lipinski definition) is 4. The van der Waals surface area contributed by atoms with Gasteiger partial charge in [0.25, 0.3) is 0 Å². The van der Waals surface area contributed by atoms with Crippen molar-refractivity contribution in [1.82, 2.24) is 19.9 Å². The quantitative estimate of drug-likeness (QED) is 0.797. The maximum absolute atomic E-state index is 5.09. The molecule has 2 aromatic heterocycles. The van der Waals surface area contributed by atoms with E-state index in [-0.39, 0.29) is 0 Å². The Morgan fingerprint density at radius 2 is 2.18 bits per heavy atom. The monoisotopic (exact) mass is 232 g/mol. The maximum atomic E-state index is 5.09. The van der Waals surface area contributed by atoms with Crippen LogP contribution in [0.1, 0.15) is 11.3 Å². The molecule has 2 aromatic rings. The lowest BCUT2D eigenvalue weighted by atomic mass is 10.1. The van der Waals surface area contributed by atoms with E-state index in [2.05, 4.69) is 26.9 Å². The van der Waals surface area contributed by atoms with E-state index in [1.807, 2.05) is 0 Å². The standard InChI is InChI=1S/C12H16N4O/c1-16-5-3-8-9(4-6-16)14-12-11(8)13-7-10(15-12)17-2/h7H,3-6H2,1-2H3,(H,14,15). The van der Waals surface area contributed by atoms with E-state index < -0.39 is 0 Å². The molecule has 0 radical (unpaired) electrons. The molecular formula is C12H16N4O. The van der Waals surface area contributed by atoms with Crippen LogP contribution in [-0.2, 0) is 12.8 Å². The molecule has 0 saturated carbocycles. The molecule has 0 unspecified atom stereocenters. The highest BCUT2D eigenvalue weighted by atomic mass is 16.5. The molecule has 3 rings (SSSR count). The van der Waals surface area contributed by atoms with E-state index in [1.54, 1.807) is 13.3 Å². The van der Waals surface area contributed by atoms with Crippen molar-refractivity contribution in [3.05, 3.63) is 17.5 Å². The molecular weight excluding hydrogens is 216 g/mol. The van der Waals surface area contributed by atoms with Crippen molar-refractivity contribution >= 4 is 11.2 Å². The molecule has 17 heavy (non-hydrogen) atoms.